The maximum Gasteiger partial charge on any atom is 0.256 e. The van der Waals surface area contributed by atoms with E-state index in [1.54, 1.807) is 10.8 Å². The molecule has 1 aromatic carbocycles. The van der Waals surface area contributed by atoms with Gasteiger partial charge < -0.3 is 10.4 Å². The van der Waals surface area contributed by atoms with Gasteiger partial charge in [0.05, 0.1) is 28.2 Å². The molecule has 1 aliphatic heterocycles. The van der Waals surface area contributed by atoms with Crippen LogP contribution in [-0.2, 0) is 24.7 Å². The average Bonchev–Trinajstić information content (AvgIpc) is 3.02. The molecule has 0 atom stereocenters. The smallest absolute Gasteiger partial charge is 0.256 e. The Kier molecular flexibility index (Phi) is 3.01. The van der Waals surface area contributed by atoms with Crippen LogP contribution in [0.2, 0.25) is 0 Å². The van der Waals surface area contributed by atoms with Crippen LogP contribution in [0.25, 0.3) is 11.6 Å². The van der Waals surface area contributed by atoms with Crippen molar-refractivity contribution in [2.75, 3.05) is 5.32 Å². The van der Waals surface area contributed by atoms with Crippen molar-refractivity contribution in [1.82, 2.24) is 9.78 Å². The van der Waals surface area contributed by atoms with Crippen LogP contribution in [0.3, 0.4) is 0 Å². The third kappa shape index (κ3) is 2.05. The quantitative estimate of drug-likeness (QED) is 0.628. The molecule has 2 N–H and O–H groups in total. The molecular formula is C17H16FN3O2. The summed E-state index contributed by atoms with van der Waals surface area (Å²) in [7, 11) is 1.83. The molecule has 0 saturated heterocycles. The molecule has 1 aromatic heterocycles. The molecule has 2 aromatic rings. The van der Waals surface area contributed by atoms with Gasteiger partial charge in [-0.25, -0.2) is 4.39 Å². The van der Waals surface area contributed by atoms with Gasteiger partial charge in [-0.3, -0.25) is 9.48 Å². The van der Waals surface area contributed by atoms with Crippen LogP contribution >= 0.6 is 0 Å². The summed E-state index contributed by atoms with van der Waals surface area (Å²) in [5.74, 6) is -1.60. The highest BCUT2D eigenvalue weighted by Crippen LogP contribution is 2.39. The first-order chi connectivity index (χ1) is 11.1. The van der Waals surface area contributed by atoms with E-state index in [-0.39, 0.29) is 17.0 Å². The predicted molar refractivity (Wildman–Crippen MR) is 84.4 cm³/mol. The lowest BCUT2D eigenvalue weighted by Crippen LogP contribution is -2.05. The number of phenols is 1. The number of amides is 1. The van der Waals surface area contributed by atoms with Gasteiger partial charge >= 0.3 is 0 Å². The predicted octanol–water partition coefficient (Wildman–Crippen LogP) is 2.64. The van der Waals surface area contributed by atoms with Crippen LogP contribution in [0.4, 0.5) is 10.1 Å². The van der Waals surface area contributed by atoms with Gasteiger partial charge in [-0.05, 0) is 43.9 Å². The van der Waals surface area contributed by atoms with Crippen LogP contribution in [0.1, 0.15) is 35.4 Å². The Morgan fingerprint density at radius 1 is 1.35 bits per heavy atom. The van der Waals surface area contributed by atoms with Crippen molar-refractivity contribution in [2.24, 2.45) is 7.05 Å². The number of aromatic hydroxyl groups is 1. The van der Waals surface area contributed by atoms with Crippen molar-refractivity contribution in [2.45, 2.75) is 25.7 Å². The largest absolute Gasteiger partial charge is 0.505 e. The third-order valence-corrected chi connectivity index (χ3v) is 4.53. The molecule has 0 radical (unpaired) electrons. The standard InChI is InChI=1S/C17H16FN3O2/c1-21-13(9-4-2-3-5-11(9)20-21)8-10-15-12(19-17(10)23)6-7-14(22)16(15)18/h6-8,22H,2-5H2,1H3,(H,19,23). The summed E-state index contributed by atoms with van der Waals surface area (Å²) in [5.41, 5.74) is 3.76. The first-order valence-electron chi connectivity index (χ1n) is 7.66. The lowest BCUT2D eigenvalue weighted by atomic mass is 9.94. The van der Waals surface area contributed by atoms with Crippen LogP contribution < -0.4 is 5.32 Å². The van der Waals surface area contributed by atoms with E-state index in [2.05, 4.69) is 10.4 Å². The second-order valence-electron chi connectivity index (χ2n) is 5.97. The van der Waals surface area contributed by atoms with Crippen LogP contribution in [0, 0.1) is 5.82 Å². The van der Waals surface area contributed by atoms with Crippen molar-refractivity contribution >= 4 is 23.2 Å². The Morgan fingerprint density at radius 2 is 2.13 bits per heavy atom. The van der Waals surface area contributed by atoms with Crippen LogP contribution in [0.5, 0.6) is 5.75 Å². The fourth-order valence-corrected chi connectivity index (χ4v) is 3.40. The van der Waals surface area contributed by atoms with E-state index in [4.69, 9.17) is 0 Å². The summed E-state index contributed by atoms with van der Waals surface area (Å²) in [6.07, 6.45) is 5.74. The van der Waals surface area contributed by atoms with E-state index in [9.17, 15) is 14.3 Å². The number of fused-ring (bicyclic) bond motifs is 2. The van der Waals surface area contributed by atoms with Crippen LogP contribution in [-0.4, -0.2) is 20.8 Å². The minimum absolute atomic E-state index is 0.126. The van der Waals surface area contributed by atoms with Crippen molar-refractivity contribution in [1.29, 1.82) is 0 Å². The monoisotopic (exact) mass is 313 g/mol. The van der Waals surface area contributed by atoms with Gasteiger partial charge in [0, 0.05) is 12.6 Å². The number of rotatable bonds is 1. The highest BCUT2D eigenvalue weighted by atomic mass is 19.1. The molecule has 118 valence electrons. The Hall–Kier alpha value is -2.63. The van der Waals surface area contributed by atoms with Gasteiger partial charge in [0.2, 0.25) is 0 Å². The average molecular weight is 313 g/mol. The number of aromatic nitrogens is 2. The lowest BCUT2D eigenvalue weighted by molar-refractivity contribution is -0.110. The Balaban J connectivity index is 1.90. The fraction of sp³-hybridized carbons (Fsp3) is 0.294. The third-order valence-electron chi connectivity index (χ3n) is 4.53. The first-order valence-corrected chi connectivity index (χ1v) is 7.66. The maximum absolute atomic E-state index is 14.3. The van der Waals surface area contributed by atoms with Gasteiger partial charge in [0.15, 0.2) is 11.6 Å². The number of benzene rings is 1. The number of carbonyl (C=O) groups is 1. The van der Waals surface area contributed by atoms with E-state index < -0.39 is 11.6 Å². The SMILES string of the molecule is Cn1nc2c(c1C=C1C(=O)Nc3ccc(O)c(F)c31)CCCC2. The molecule has 1 amide bonds. The minimum Gasteiger partial charge on any atom is -0.505 e. The van der Waals surface area contributed by atoms with Gasteiger partial charge in [-0.15, -0.1) is 0 Å². The molecule has 2 heterocycles. The summed E-state index contributed by atoms with van der Waals surface area (Å²) < 4.78 is 16.0. The molecule has 2 aliphatic rings. The van der Waals surface area contributed by atoms with E-state index in [0.717, 1.165) is 42.6 Å². The number of hydrogen-bond acceptors (Lipinski definition) is 3. The number of nitrogens with zero attached hydrogens (tertiary/aromatic N) is 2. The fourth-order valence-electron chi connectivity index (χ4n) is 3.40. The number of carbonyl (C=O) groups excluding carboxylic acids is 1. The van der Waals surface area contributed by atoms with E-state index in [1.165, 1.54) is 12.1 Å². The minimum atomic E-state index is -0.775. The van der Waals surface area contributed by atoms with Gasteiger partial charge in [-0.1, -0.05) is 0 Å². The number of hydrogen-bond donors (Lipinski definition) is 2. The van der Waals surface area contributed by atoms with E-state index in [0.29, 0.717) is 5.69 Å². The molecule has 6 heteroatoms. The van der Waals surface area contributed by atoms with Crippen molar-refractivity contribution in [3.8, 4) is 5.75 Å². The van der Waals surface area contributed by atoms with Crippen molar-refractivity contribution in [3.05, 3.63) is 40.5 Å². The topological polar surface area (TPSA) is 67.2 Å². The van der Waals surface area contributed by atoms with Crippen molar-refractivity contribution < 1.29 is 14.3 Å². The molecule has 0 spiro atoms. The molecule has 1 aliphatic carbocycles. The number of phenolic OH excluding ortho intramolecular Hbond substituents is 1. The molecule has 0 bridgehead atoms. The van der Waals surface area contributed by atoms with Gasteiger partial charge in [0.25, 0.3) is 5.91 Å². The van der Waals surface area contributed by atoms with Gasteiger partial charge in [0.1, 0.15) is 0 Å². The molecule has 0 fully saturated rings. The summed E-state index contributed by atoms with van der Waals surface area (Å²) in [5, 5.41) is 16.8. The molecular weight excluding hydrogens is 297 g/mol. The molecule has 5 nitrogen and oxygen atoms in total. The number of halogens is 1. The van der Waals surface area contributed by atoms with E-state index in [1.807, 2.05) is 7.05 Å². The molecule has 0 saturated carbocycles. The highest BCUT2D eigenvalue weighted by Gasteiger charge is 2.30. The number of nitrogens with one attached hydrogen (secondary N) is 1. The maximum atomic E-state index is 14.3. The highest BCUT2D eigenvalue weighted by molar-refractivity contribution is 6.35. The normalized spacial score (nSPS) is 18.0. The summed E-state index contributed by atoms with van der Waals surface area (Å²) in [6.45, 7) is 0. The van der Waals surface area contributed by atoms with Gasteiger partial charge in [-0.2, -0.15) is 5.10 Å². The first kappa shape index (κ1) is 14.0. The van der Waals surface area contributed by atoms with E-state index >= 15 is 0 Å². The Labute approximate surface area is 132 Å². The molecule has 23 heavy (non-hydrogen) atoms. The Morgan fingerprint density at radius 3 is 2.96 bits per heavy atom. The summed E-state index contributed by atoms with van der Waals surface area (Å²) >= 11 is 0. The molecule has 0 unspecified atom stereocenters. The number of aryl methyl sites for hydroxylation is 2. The second-order valence-corrected chi connectivity index (χ2v) is 5.97. The lowest BCUT2D eigenvalue weighted by Gasteiger charge is -2.10. The zero-order valence-electron chi connectivity index (χ0n) is 12.7. The summed E-state index contributed by atoms with van der Waals surface area (Å²) in [6, 6.07) is 2.74. The summed E-state index contributed by atoms with van der Waals surface area (Å²) in [4.78, 5) is 12.2. The zero-order chi connectivity index (χ0) is 16.1. The number of anilines is 1. The van der Waals surface area contributed by atoms with Crippen LogP contribution in [0.15, 0.2) is 12.1 Å². The van der Waals surface area contributed by atoms with Crippen molar-refractivity contribution in [3.63, 3.8) is 0 Å². The molecule has 4 rings (SSSR count). The zero-order valence-corrected chi connectivity index (χ0v) is 12.7. The second kappa shape index (κ2) is 4.94. The Bertz CT molecular complexity index is 867.